The molecule has 12 heavy (non-hydrogen) atoms. The van der Waals surface area contributed by atoms with Gasteiger partial charge in [0.15, 0.2) is 5.75 Å². The van der Waals surface area contributed by atoms with Crippen LogP contribution in [0.3, 0.4) is 0 Å². The van der Waals surface area contributed by atoms with E-state index in [4.69, 9.17) is 4.74 Å². The summed E-state index contributed by atoms with van der Waals surface area (Å²) in [6.45, 7) is 7.05. The van der Waals surface area contributed by atoms with E-state index < -0.39 is 0 Å². The molecule has 0 aromatic carbocycles. The van der Waals surface area contributed by atoms with Crippen molar-refractivity contribution in [3.8, 4) is 5.75 Å². The highest BCUT2D eigenvalue weighted by Gasteiger charge is 2.00. The lowest BCUT2D eigenvalue weighted by Crippen LogP contribution is -2.00. The zero-order chi connectivity index (χ0) is 8.97. The number of aromatic nitrogens is 2. The molecule has 0 amide bonds. The lowest BCUT2D eigenvalue weighted by Gasteiger charge is -2.03. The highest BCUT2D eigenvalue weighted by atomic mass is 16.5. The highest BCUT2D eigenvalue weighted by Crippen LogP contribution is 2.12. The van der Waals surface area contributed by atoms with E-state index in [1.54, 1.807) is 6.20 Å². The fraction of sp³-hybridized carbons (Fsp3) is 0.667. The molecule has 1 heterocycles. The van der Waals surface area contributed by atoms with E-state index >= 15 is 0 Å². The third kappa shape index (κ3) is 2.26. The molecule has 0 fully saturated rings. The topological polar surface area (TPSA) is 27.1 Å². The van der Waals surface area contributed by atoms with Crippen LogP contribution in [0.5, 0.6) is 5.75 Å². The lowest BCUT2D eigenvalue weighted by atomic mass is 10.4. The van der Waals surface area contributed by atoms with E-state index in [-0.39, 0.29) is 0 Å². The van der Waals surface area contributed by atoms with Gasteiger partial charge in [-0.2, -0.15) is 5.10 Å². The fourth-order valence-corrected chi connectivity index (χ4v) is 0.897. The molecule has 0 unspecified atom stereocenters. The van der Waals surface area contributed by atoms with Crippen LogP contribution in [0.1, 0.15) is 33.2 Å². The van der Waals surface area contributed by atoms with Crippen LogP contribution < -0.4 is 4.74 Å². The van der Waals surface area contributed by atoms with Crippen molar-refractivity contribution in [3.63, 3.8) is 0 Å². The van der Waals surface area contributed by atoms with E-state index in [1.807, 2.05) is 10.9 Å². The largest absolute Gasteiger partial charge is 0.490 e. The second-order valence-corrected chi connectivity index (χ2v) is 3.10. The Kier molecular flexibility index (Phi) is 3.14. The van der Waals surface area contributed by atoms with Gasteiger partial charge < -0.3 is 4.74 Å². The number of hydrogen-bond acceptors (Lipinski definition) is 2. The summed E-state index contributed by atoms with van der Waals surface area (Å²) < 4.78 is 7.30. The van der Waals surface area contributed by atoms with Crippen molar-refractivity contribution < 1.29 is 4.74 Å². The third-order valence-corrected chi connectivity index (χ3v) is 1.58. The molecular formula is C9H16N2O. The molecule has 0 spiro atoms. The van der Waals surface area contributed by atoms with Crippen LogP contribution in [0.4, 0.5) is 0 Å². The quantitative estimate of drug-likeness (QED) is 0.689. The summed E-state index contributed by atoms with van der Waals surface area (Å²) in [5.74, 6) is 0.866. The van der Waals surface area contributed by atoms with Crippen molar-refractivity contribution in [1.82, 2.24) is 9.78 Å². The van der Waals surface area contributed by atoms with E-state index in [2.05, 4.69) is 25.9 Å². The van der Waals surface area contributed by atoms with E-state index in [9.17, 15) is 0 Å². The summed E-state index contributed by atoms with van der Waals surface area (Å²) >= 11 is 0. The molecule has 0 bridgehead atoms. The molecule has 0 aliphatic carbocycles. The Morgan fingerprint density at radius 1 is 1.58 bits per heavy atom. The molecule has 1 aromatic heterocycles. The molecule has 3 heteroatoms. The number of rotatable bonds is 4. The second kappa shape index (κ2) is 4.14. The highest BCUT2D eigenvalue weighted by molar-refractivity contribution is 5.11. The summed E-state index contributed by atoms with van der Waals surface area (Å²) in [7, 11) is 0. The van der Waals surface area contributed by atoms with E-state index in [1.165, 1.54) is 0 Å². The summed E-state index contributed by atoms with van der Waals surface area (Å²) in [6.07, 6.45) is 4.73. The molecule has 0 aliphatic heterocycles. The van der Waals surface area contributed by atoms with Gasteiger partial charge in [0.2, 0.25) is 0 Å². The van der Waals surface area contributed by atoms with Crippen LogP contribution in [0.2, 0.25) is 0 Å². The Hall–Kier alpha value is -0.990. The summed E-state index contributed by atoms with van der Waals surface area (Å²) in [5, 5.41) is 4.16. The first-order valence-electron chi connectivity index (χ1n) is 4.41. The van der Waals surface area contributed by atoms with E-state index in [0.29, 0.717) is 6.04 Å². The lowest BCUT2D eigenvalue weighted by molar-refractivity contribution is 0.316. The maximum atomic E-state index is 5.40. The monoisotopic (exact) mass is 168 g/mol. The van der Waals surface area contributed by atoms with Gasteiger partial charge in [-0.15, -0.1) is 0 Å². The first kappa shape index (κ1) is 9.10. The van der Waals surface area contributed by atoms with Gasteiger partial charge in [-0.05, 0) is 20.3 Å². The van der Waals surface area contributed by atoms with Gasteiger partial charge in [-0.3, -0.25) is 4.68 Å². The minimum atomic E-state index is 0.406. The standard InChI is InChI=1S/C9H16N2O/c1-4-5-12-9-6-10-11(7-9)8(2)3/h6-8H,4-5H2,1-3H3. The van der Waals surface area contributed by atoms with Crippen LogP contribution in [0.25, 0.3) is 0 Å². The fourth-order valence-electron chi connectivity index (χ4n) is 0.897. The molecule has 3 nitrogen and oxygen atoms in total. The molecule has 0 aliphatic rings. The van der Waals surface area contributed by atoms with Crippen LogP contribution in [-0.4, -0.2) is 16.4 Å². The molecule has 68 valence electrons. The third-order valence-electron chi connectivity index (χ3n) is 1.58. The van der Waals surface area contributed by atoms with Gasteiger partial charge >= 0.3 is 0 Å². The van der Waals surface area contributed by atoms with E-state index in [0.717, 1.165) is 18.8 Å². The predicted octanol–water partition coefficient (Wildman–Crippen LogP) is 2.25. The van der Waals surface area contributed by atoms with Crippen molar-refractivity contribution in [2.45, 2.75) is 33.2 Å². The maximum Gasteiger partial charge on any atom is 0.157 e. The Morgan fingerprint density at radius 3 is 2.83 bits per heavy atom. The van der Waals surface area contributed by atoms with Gasteiger partial charge in [0.05, 0.1) is 19.0 Å². The Labute approximate surface area is 73.3 Å². The molecule has 0 saturated carbocycles. The van der Waals surface area contributed by atoms with Gasteiger partial charge in [0, 0.05) is 6.04 Å². The van der Waals surface area contributed by atoms with Crippen LogP contribution >= 0.6 is 0 Å². The average molecular weight is 168 g/mol. The van der Waals surface area contributed by atoms with Crippen molar-refractivity contribution in [1.29, 1.82) is 0 Å². The Morgan fingerprint density at radius 2 is 2.33 bits per heavy atom. The van der Waals surface area contributed by atoms with Gasteiger partial charge in [-0.25, -0.2) is 0 Å². The summed E-state index contributed by atoms with van der Waals surface area (Å²) in [5.41, 5.74) is 0. The average Bonchev–Trinajstić information content (AvgIpc) is 2.48. The molecule has 0 saturated heterocycles. The van der Waals surface area contributed by atoms with Crippen molar-refractivity contribution in [3.05, 3.63) is 12.4 Å². The first-order chi connectivity index (χ1) is 5.74. The van der Waals surface area contributed by atoms with Crippen LogP contribution in [0.15, 0.2) is 12.4 Å². The van der Waals surface area contributed by atoms with Crippen molar-refractivity contribution in [2.75, 3.05) is 6.61 Å². The minimum absolute atomic E-state index is 0.406. The van der Waals surface area contributed by atoms with Crippen LogP contribution in [-0.2, 0) is 0 Å². The van der Waals surface area contributed by atoms with Crippen LogP contribution in [0, 0.1) is 0 Å². The molecule has 1 aromatic rings. The minimum Gasteiger partial charge on any atom is -0.490 e. The summed E-state index contributed by atoms with van der Waals surface area (Å²) in [6, 6.07) is 0.406. The molecular weight excluding hydrogens is 152 g/mol. The number of ether oxygens (including phenoxy) is 1. The van der Waals surface area contributed by atoms with Crippen molar-refractivity contribution >= 4 is 0 Å². The smallest absolute Gasteiger partial charge is 0.157 e. The molecule has 0 atom stereocenters. The first-order valence-corrected chi connectivity index (χ1v) is 4.41. The molecule has 1 rings (SSSR count). The summed E-state index contributed by atoms with van der Waals surface area (Å²) in [4.78, 5) is 0. The van der Waals surface area contributed by atoms with Crippen molar-refractivity contribution in [2.24, 2.45) is 0 Å². The van der Waals surface area contributed by atoms with Gasteiger partial charge in [0.1, 0.15) is 0 Å². The normalized spacial score (nSPS) is 10.7. The molecule has 0 N–H and O–H groups in total. The SMILES string of the molecule is CCCOc1cnn(C(C)C)c1. The number of nitrogens with zero attached hydrogens (tertiary/aromatic N) is 2. The second-order valence-electron chi connectivity index (χ2n) is 3.10. The van der Waals surface area contributed by atoms with Gasteiger partial charge in [0.25, 0.3) is 0 Å². The van der Waals surface area contributed by atoms with Gasteiger partial charge in [-0.1, -0.05) is 6.92 Å². The number of hydrogen-bond donors (Lipinski definition) is 0. The Bertz CT molecular complexity index is 230. The molecule has 0 radical (unpaired) electrons. The Balaban J connectivity index is 2.52. The predicted molar refractivity (Wildman–Crippen MR) is 48.4 cm³/mol. The zero-order valence-corrected chi connectivity index (χ0v) is 7.95. The zero-order valence-electron chi connectivity index (χ0n) is 7.95. The maximum absolute atomic E-state index is 5.40.